The molecule has 0 saturated carbocycles. The van der Waals surface area contributed by atoms with E-state index in [2.05, 4.69) is 4.74 Å². The van der Waals surface area contributed by atoms with Crippen LogP contribution >= 0.6 is 0 Å². The van der Waals surface area contributed by atoms with Crippen molar-refractivity contribution in [2.24, 2.45) is 0 Å². The fourth-order valence-corrected chi connectivity index (χ4v) is 0.0527. The van der Waals surface area contributed by atoms with Crippen molar-refractivity contribution in [2.45, 2.75) is 26.4 Å². The minimum atomic E-state index is -0.259. The second-order valence-corrected chi connectivity index (χ2v) is 1.52. The normalized spacial score (nSPS) is 9.70. The molecule has 3 heteroatoms. The molecule has 0 aromatic rings. The lowest BCUT2D eigenvalue weighted by Gasteiger charge is -1.91. The lowest BCUT2D eigenvalue weighted by molar-refractivity contribution is 0.162. The molecule has 0 rings (SSSR count). The minimum absolute atomic E-state index is 0.259. The smallest absolute Gasteiger partial charge is 0.140 e. The molecule has 0 fully saturated rings. The van der Waals surface area contributed by atoms with E-state index in [0.29, 0.717) is 6.42 Å². The van der Waals surface area contributed by atoms with E-state index >= 15 is 0 Å². The summed E-state index contributed by atoms with van der Waals surface area (Å²) in [6.07, 6.45) is 0.366. The minimum Gasteiger partial charge on any atom is -0.367 e. The van der Waals surface area contributed by atoms with Gasteiger partial charge in [-0.1, -0.05) is 6.92 Å². The van der Waals surface area contributed by atoms with Crippen molar-refractivity contribution in [1.29, 1.82) is 10.5 Å². The van der Waals surface area contributed by atoms with Gasteiger partial charge in [0, 0.05) is 13.5 Å². The number of nitrogens with zero attached hydrogens (tertiary/aromatic N) is 2. The van der Waals surface area contributed by atoms with E-state index in [9.17, 15) is 0 Å². The SMILES string of the molecule is CCC#N.COC(C)C#N. The second kappa shape index (κ2) is 10.8. The van der Waals surface area contributed by atoms with Gasteiger partial charge in [-0.3, -0.25) is 0 Å². The Bertz CT molecular complexity index is 132. The number of methoxy groups -OCH3 is 1. The van der Waals surface area contributed by atoms with Crippen molar-refractivity contribution in [3.63, 3.8) is 0 Å². The molecule has 1 atom stereocenters. The summed E-state index contributed by atoms with van der Waals surface area (Å²) < 4.78 is 4.54. The molecule has 0 aromatic heterocycles. The summed E-state index contributed by atoms with van der Waals surface area (Å²) in [6.45, 7) is 3.51. The average molecular weight is 140 g/mol. The molecule has 56 valence electrons. The quantitative estimate of drug-likeness (QED) is 0.554. The third kappa shape index (κ3) is 15.8. The van der Waals surface area contributed by atoms with E-state index in [1.807, 2.05) is 19.1 Å². The average Bonchev–Trinajstić information content (AvgIpc) is 2.03. The Kier molecular flexibility index (Phi) is 12.7. The van der Waals surface area contributed by atoms with Gasteiger partial charge in [-0.15, -0.1) is 0 Å². The summed E-state index contributed by atoms with van der Waals surface area (Å²) in [5.41, 5.74) is 0. The number of nitriles is 2. The van der Waals surface area contributed by atoms with Crippen LogP contribution in [0, 0.1) is 22.7 Å². The lowest BCUT2D eigenvalue weighted by atomic mass is 10.5. The van der Waals surface area contributed by atoms with Crippen LogP contribution < -0.4 is 0 Å². The van der Waals surface area contributed by atoms with Gasteiger partial charge in [-0.05, 0) is 6.92 Å². The Morgan fingerprint density at radius 1 is 1.50 bits per heavy atom. The monoisotopic (exact) mass is 140 g/mol. The highest BCUT2D eigenvalue weighted by Gasteiger charge is 1.88. The molecule has 0 aliphatic heterocycles. The van der Waals surface area contributed by atoms with Crippen LogP contribution in [0.1, 0.15) is 20.3 Å². The molecule has 0 aromatic carbocycles. The van der Waals surface area contributed by atoms with Gasteiger partial charge < -0.3 is 4.74 Å². The molecule has 10 heavy (non-hydrogen) atoms. The van der Waals surface area contributed by atoms with Crippen LogP contribution in [-0.2, 0) is 4.74 Å². The maximum absolute atomic E-state index is 7.96. The highest BCUT2D eigenvalue weighted by Crippen LogP contribution is 1.78. The molecular formula is C7H12N2O. The van der Waals surface area contributed by atoms with E-state index in [1.165, 1.54) is 7.11 Å². The van der Waals surface area contributed by atoms with Crippen molar-refractivity contribution < 1.29 is 4.74 Å². The topological polar surface area (TPSA) is 56.8 Å². The summed E-state index contributed by atoms with van der Waals surface area (Å²) in [4.78, 5) is 0. The number of hydrogen-bond donors (Lipinski definition) is 0. The van der Waals surface area contributed by atoms with Crippen LogP contribution in [0.4, 0.5) is 0 Å². The second-order valence-electron chi connectivity index (χ2n) is 1.52. The molecular weight excluding hydrogens is 128 g/mol. The summed E-state index contributed by atoms with van der Waals surface area (Å²) in [7, 11) is 1.51. The summed E-state index contributed by atoms with van der Waals surface area (Å²) in [5, 5.41) is 15.6. The van der Waals surface area contributed by atoms with Crippen LogP contribution in [-0.4, -0.2) is 13.2 Å². The number of rotatable bonds is 1. The van der Waals surface area contributed by atoms with Gasteiger partial charge in [-0.25, -0.2) is 0 Å². The number of hydrogen-bond acceptors (Lipinski definition) is 3. The van der Waals surface area contributed by atoms with Gasteiger partial charge in [0.1, 0.15) is 6.10 Å². The molecule has 0 saturated heterocycles. The molecule has 0 spiro atoms. The van der Waals surface area contributed by atoms with Gasteiger partial charge in [0.2, 0.25) is 0 Å². The van der Waals surface area contributed by atoms with Gasteiger partial charge in [-0.2, -0.15) is 10.5 Å². The Balaban J connectivity index is 0. The molecule has 0 aliphatic carbocycles. The first-order valence-electron chi connectivity index (χ1n) is 3.02. The lowest BCUT2D eigenvalue weighted by Crippen LogP contribution is -1.97. The molecule has 0 amide bonds. The number of ether oxygens (including phenoxy) is 1. The predicted molar refractivity (Wildman–Crippen MR) is 38.0 cm³/mol. The molecule has 0 radical (unpaired) electrons. The summed E-state index contributed by atoms with van der Waals surface area (Å²) >= 11 is 0. The zero-order chi connectivity index (χ0) is 8.41. The summed E-state index contributed by atoms with van der Waals surface area (Å²) in [6, 6.07) is 3.82. The first-order valence-corrected chi connectivity index (χ1v) is 3.02. The predicted octanol–water partition coefficient (Wildman–Crippen LogP) is 1.46. The highest BCUT2D eigenvalue weighted by atomic mass is 16.5. The standard InChI is InChI=1S/C4H7NO.C3H5N/c1-4(3-5)6-2;1-2-3-4/h4H,1-2H3;2H2,1H3. The molecule has 0 bridgehead atoms. The van der Waals surface area contributed by atoms with Crippen LogP contribution in [0.2, 0.25) is 0 Å². The largest absolute Gasteiger partial charge is 0.367 e. The maximum Gasteiger partial charge on any atom is 0.140 e. The fourth-order valence-electron chi connectivity index (χ4n) is 0.0527. The first-order chi connectivity index (χ1) is 4.72. The van der Waals surface area contributed by atoms with E-state index in [-0.39, 0.29) is 6.10 Å². The maximum atomic E-state index is 7.96. The van der Waals surface area contributed by atoms with Gasteiger partial charge in [0.25, 0.3) is 0 Å². The van der Waals surface area contributed by atoms with Crippen molar-refractivity contribution in [3.05, 3.63) is 0 Å². The van der Waals surface area contributed by atoms with Crippen molar-refractivity contribution >= 4 is 0 Å². The van der Waals surface area contributed by atoms with E-state index in [1.54, 1.807) is 6.92 Å². The fraction of sp³-hybridized carbons (Fsp3) is 0.714. The van der Waals surface area contributed by atoms with Crippen LogP contribution in [0.15, 0.2) is 0 Å². The van der Waals surface area contributed by atoms with E-state index in [4.69, 9.17) is 10.5 Å². The van der Waals surface area contributed by atoms with Gasteiger partial charge in [0.05, 0.1) is 12.1 Å². The highest BCUT2D eigenvalue weighted by molar-refractivity contribution is 4.77. The van der Waals surface area contributed by atoms with Crippen molar-refractivity contribution in [2.75, 3.05) is 7.11 Å². The molecule has 0 N–H and O–H groups in total. The Morgan fingerprint density at radius 2 is 1.90 bits per heavy atom. The first kappa shape index (κ1) is 11.7. The van der Waals surface area contributed by atoms with Crippen molar-refractivity contribution in [1.82, 2.24) is 0 Å². The molecule has 0 aliphatic rings. The van der Waals surface area contributed by atoms with Crippen LogP contribution in [0.5, 0.6) is 0 Å². The molecule has 3 nitrogen and oxygen atoms in total. The Hall–Kier alpha value is -1.06. The Morgan fingerprint density at radius 3 is 1.90 bits per heavy atom. The van der Waals surface area contributed by atoms with E-state index in [0.717, 1.165) is 0 Å². The zero-order valence-electron chi connectivity index (χ0n) is 6.59. The zero-order valence-corrected chi connectivity index (χ0v) is 6.59. The van der Waals surface area contributed by atoms with E-state index < -0.39 is 0 Å². The van der Waals surface area contributed by atoms with Crippen LogP contribution in [0.3, 0.4) is 0 Å². The molecule has 0 heterocycles. The van der Waals surface area contributed by atoms with Crippen molar-refractivity contribution in [3.8, 4) is 12.1 Å². The molecule has 1 unspecified atom stereocenters. The van der Waals surface area contributed by atoms with Gasteiger partial charge in [0.15, 0.2) is 0 Å². The third-order valence-electron chi connectivity index (χ3n) is 0.693. The Labute approximate surface area is 61.8 Å². The van der Waals surface area contributed by atoms with Crippen LogP contribution in [0.25, 0.3) is 0 Å². The third-order valence-corrected chi connectivity index (χ3v) is 0.693. The van der Waals surface area contributed by atoms with Gasteiger partial charge >= 0.3 is 0 Å². The summed E-state index contributed by atoms with van der Waals surface area (Å²) in [5.74, 6) is 0.